The Labute approximate surface area is 160 Å². The van der Waals surface area contributed by atoms with E-state index in [1.54, 1.807) is 49.6 Å². The van der Waals surface area contributed by atoms with Crippen LogP contribution in [0.4, 0.5) is 10.5 Å². The smallest absolute Gasteiger partial charge is 0.298 e. The molecule has 1 saturated heterocycles. The first-order valence-electron chi connectivity index (χ1n) is 7.88. The van der Waals surface area contributed by atoms with Crippen LogP contribution in [0.3, 0.4) is 0 Å². The highest BCUT2D eigenvalue weighted by Gasteiger charge is 2.36. The molecule has 26 heavy (non-hydrogen) atoms. The number of nitrogens with zero attached hydrogens (tertiary/aromatic N) is 1. The number of para-hydroxylation sites is 1. The summed E-state index contributed by atoms with van der Waals surface area (Å²) in [4.78, 5) is 26.5. The number of hydrogen-bond donors (Lipinski definition) is 0. The maximum absolute atomic E-state index is 12.7. The van der Waals surface area contributed by atoms with Crippen LogP contribution in [0.1, 0.15) is 12.5 Å². The summed E-state index contributed by atoms with van der Waals surface area (Å²) in [5.41, 5.74) is 1.16. The van der Waals surface area contributed by atoms with Gasteiger partial charge in [-0.25, -0.2) is 4.90 Å². The SMILES string of the molecule is CCOc1c(/C=C2\SC(=O)N(c3ccc(Cl)cc3)C2=O)cccc1OC. The molecule has 0 aromatic heterocycles. The number of thioether (sulfide) groups is 1. The zero-order chi connectivity index (χ0) is 18.7. The van der Waals surface area contributed by atoms with Crippen LogP contribution >= 0.6 is 23.4 Å². The van der Waals surface area contributed by atoms with E-state index in [4.69, 9.17) is 21.1 Å². The van der Waals surface area contributed by atoms with Crippen LogP contribution in [0, 0.1) is 0 Å². The van der Waals surface area contributed by atoms with Gasteiger partial charge in [0.2, 0.25) is 0 Å². The second-order valence-electron chi connectivity index (χ2n) is 5.31. The fourth-order valence-electron chi connectivity index (χ4n) is 2.53. The number of anilines is 1. The predicted molar refractivity (Wildman–Crippen MR) is 104 cm³/mol. The van der Waals surface area contributed by atoms with E-state index in [2.05, 4.69) is 0 Å². The minimum atomic E-state index is -0.382. The molecule has 1 aliphatic rings. The molecule has 0 aliphatic carbocycles. The lowest BCUT2D eigenvalue weighted by Crippen LogP contribution is -2.27. The predicted octanol–water partition coefficient (Wildman–Crippen LogP) is 4.99. The van der Waals surface area contributed by atoms with E-state index in [0.29, 0.717) is 39.3 Å². The molecule has 0 saturated carbocycles. The van der Waals surface area contributed by atoms with Crippen molar-refractivity contribution >= 4 is 46.3 Å². The quantitative estimate of drug-likeness (QED) is 0.674. The standard InChI is InChI=1S/C19H16ClNO4S/c1-3-25-17-12(5-4-6-15(17)24-2)11-16-18(22)21(19(23)26-16)14-9-7-13(20)8-10-14/h4-11H,3H2,1-2H3/b16-11-. The average molecular weight is 390 g/mol. The van der Waals surface area contributed by atoms with Crippen molar-refractivity contribution in [2.75, 3.05) is 18.6 Å². The summed E-state index contributed by atoms with van der Waals surface area (Å²) >= 11 is 6.76. The molecule has 0 atom stereocenters. The van der Waals surface area contributed by atoms with Crippen LogP contribution in [0.15, 0.2) is 47.4 Å². The van der Waals surface area contributed by atoms with Gasteiger partial charge in [0.1, 0.15) is 0 Å². The number of carbonyl (C=O) groups is 2. The third-order valence-corrected chi connectivity index (χ3v) is 4.80. The molecule has 0 bridgehead atoms. The maximum atomic E-state index is 12.7. The lowest BCUT2D eigenvalue weighted by molar-refractivity contribution is -0.113. The van der Waals surface area contributed by atoms with Crippen LogP contribution in [-0.4, -0.2) is 24.9 Å². The third kappa shape index (κ3) is 3.57. The summed E-state index contributed by atoms with van der Waals surface area (Å²) in [6, 6.07) is 11.9. The van der Waals surface area contributed by atoms with Gasteiger partial charge in [-0.1, -0.05) is 23.7 Å². The number of methoxy groups -OCH3 is 1. The molecule has 0 N–H and O–H groups in total. The highest BCUT2D eigenvalue weighted by Crippen LogP contribution is 2.39. The third-order valence-electron chi connectivity index (χ3n) is 3.68. The molecular weight excluding hydrogens is 374 g/mol. The zero-order valence-electron chi connectivity index (χ0n) is 14.2. The van der Waals surface area contributed by atoms with E-state index in [9.17, 15) is 9.59 Å². The molecule has 0 unspecified atom stereocenters. The Hall–Kier alpha value is -2.44. The van der Waals surface area contributed by atoms with Gasteiger partial charge in [-0.05, 0) is 55.1 Å². The lowest BCUT2D eigenvalue weighted by Gasteiger charge is -2.13. The number of rotatable bonds is 5. The van der Waals surface area contributed by atoms with E-state index in [-0.39, 0.29) is 11.1 Å². The number of amides is 2. The Morgan fingerprint density at radius 1 is 1.15 bits per heavy atom. The largest absolute Gasteiger partial charge is 0.493 e. The molecular formula is C19H16ClNO4S. The summed E-state index contributed by atoms with van der Waals surface area (Å²) in [5, 5.41) is 0.179. The van der Waals surface area contributed by atoms with E-state index in [1.807, 2.05) is 13.0 Å². The fourth-order valence-corrected chi connectivity index (χ4v) is 3.49. The first-order valence-corrected chi connectivity index (χ1v) is 9.08. The molecule has 5 nitrogen and oxygen atoms in total. The molecule has 2 aromatic carbocycles. The van der Waals surface area contributed by atoms with Crippen LogP contribution < -0.4 is 14.4 Å². The van der Waals surface area contributed by atoms with Gasteiger partial charge in [0.05, 0.1) is 24.3 Å². The van der Waals surface area contributed by atoms with Crippen molar-refractivity contribution in [2.24, 2.45) is 0 Å². The minimum Gasteiger partial charge on any atom is -0.493 e. The van der Waals surface area contributed by atoms with Crippen molar-refractivity contribution in [1.82, 2.24) is 0 Å². The van der Waals surface area contributed by atoms with E-state index in [0.717, 1.165) is 16.7 Å². The Morgan fingerprint density at radius 2 is 1.88 bits per heavy atom. The van der Waals surface area contributed by atoms with E-state index < -0.39 is 0 Å². The van der Waals surface area contributed by atoms with Crippen molar-refractivity contribution in [3.8, 4) is 11.5 Å². The normalized spacial score (nSPS) is 15.7. The molecule has 0 radical (unpaired) electrons. The van der Waals surface area contributed by atoms with Crippen molar-refractivity contribution in [3.05, 3.63) is 58.0 Å². The molecule has 2 aromatic rings. The summed E-state index contributed by atoms with van der Waals surface area (Å²) in [7, 11) is 1.55. The second-order valence-corrected chi connectivity index (χ2v) is 6.73. The van der Waals surface area contributed by atoms with Gasteiger partial charge >= 0.3 is 0 Å². The molecule has 1 heterocycles. The van der Waals surface area contributed by atoms with Crippen molar-refractivity contribution < 1.29 is 19.1 Å². The molecule has 7 heteroatoms. The molecule has 3 rings (SSSR count). The molecule has 1 fully saturated rings. The number of ether oxygens (including phenoxy) is 2. The van der Waals surface area contributed by atoms with Gasteiger partial charge in [-0.15, -0.1) is 0 Å². The fraction of sp³-hybridized carbons (Fsp3) is 0.158. The second kappa shape index (κ2) is 7.85. The lowest BCUT2D eigenvalue weighted by atomic mass is 10.1. The zero-order valence-corrected chi connectivity index (χ0v) is 15.8. The first-order chi connectivity index (χ1) is 12.5. The average Bonchev–Trinajstić information content (AvgIpc) is 2.91. The van der Waals surface area contributed by atoms with Gasteiger partial charge in [0.25, 0.3) is 11.1 Å². The van der Waals surface area contributed by atoms with Crippen molar-refractivity contribution in [3.63, 3.8) is 0 Å². The molecule has 0 spiro atoms. The van der Waals surface area contributed by atoms with Crippen LogP contribution in [0.5, 0.6) is 11.5 Å². The summed E-state index contributed by atoms with van der Waals surface area (Å²) < 4.78 is 11.0. The number of halogens is 1. The summed E-state index contributed by atoms with van der Waals surface area (Å²) in [6.07, 6.45) is 1.65. The monoisotopic (exact) mass is 389 g/mol. The van der Waals surface area contributed by atoms with Gasteiger partial charge in [0, 0.05) is 10.6 Å². The first kappa shape index (κ1) is 18.4. The summed E-state index contributed by atoms with van der Waals surface area (Å²) in [5.74, 6) is 0.723. The van der Waals surface area contributed by atoms with Gasteiger partial charge in [-0.2, -0.15) is 0 Å². The highest BCUT2D eigenvalue weighted by atomic mass is 35.5. The van der Waals surface area contributed by atoms with E-state index >= 15 is 0 Å². The topological polar surface area (TPSA) is 55.8 Å². The Bertz CT molecular complexity index is 880. The Balaban J connectivity index is 1.97. The van der Waals surface area contributed by atoms with Crippen LogP contribution in [0.25, 0.3) is 6.08 Å². The number of imide groups is 1. The van der Waals surface area contributed by atoms with Gasteiger partial charge in [-0.3, -0.25) is 9.59 Å². The maximum Gasteiger partial charge on any atom is 0.298 e. The Kier molecular flexibility index (Phi) is 5.54. The molecule has 1 aliphatic heterocycles. The Morgan fingerprint density at radius 3 is 2.54 bits per heavy atom. The molecule has 134 valence electrons. The number of carbonyl (C=O) groups excluding carboxylic acids is 2. The van der Waals surface area contributed by atoms with Gasteiger partial charge < -0.3 is 9.47 Å². The van der Waals surface area contributed by atoms with Gasteiger partial charge in [0.15, 0.2) is 11.5 Å². The minimum absolute atomic E-state index is 0.319. The van der Waals surface area contributed by atoms with Crippen LogP contribution in [0.2, 0.25) is 5.02 Å². The summed E-state index contributed by atoms with van der Waals surface area (Å²) in [6.45, 7) is 2.32. The van der Waals surface area contributed by atoms with E-state index in [1.165, 1.54) is 0 Å². The highest BCUT2D eigenvalue weighted by molar-refractivity contribution is 8.19. The number of benzene rings is 2. The van der Waals surface area contributed by atoms with Crippen molar-refractivity contribution in [1.29, 1.82) is 0 Å². The van der Waals surface area contributed by atoms with Crippen molar-refractivity contribution in [2.45, 2.75) is 6.92 Å². The molecule has 2 amide bonds. The number of hydrogen-bond acceptors (Lipinski definition) is 5. The van der Waals surface area contributed by atoms with Crippen LogP contribution in [-0.2, 0) is 4.79 Å².